The number of esters is 1. The number of rotatable bonds is 5. The van der Waals surface area contributed by atoms with Gasteiger partial charge >= 0.3 is 5.97 Å². The van der Waals surface area contributed by atoms with Crippen LogP contribution in [-0.2, 0) is 4.74 Å². The minimum atomic E-state index is -0.679. The molecule has 0 radical (unpaired) electrons. The Hall–Kier alpha value is -3.32. The highest BCUT2D eigenvalue weighted by atomic mass is 32.1. The fourth-order valence-corrected chi connectivity index (χ4v) is 3.36. The van der Waals surface area contributed by atoms with E-state index in [4.69, 9.17) is 9.15 Å². The van der Waals surface area contributed by atoms with Crippen molar-refractivity contribution < 1.29 is 13.9 Å². The first-order chi connectivity index (χ1) is 13.6. The molecule has 0 aliphatic carbocycles. The number of hydrogen-bond acceptors (Lipinski definition) is 7. The van der Waals surface area contributed by atoms with Crippen molar-refractivity contribution in [2.24, 2.45) is 0 Å². The van der Waals surface area contributed by atoms with Gasteiger partial charge in [-0.1, -0.05) is 48.0 Å². The molecule has 0 amide bonds. The van der Waals surface area contributed by atoms with E-state index in [9.17, 15) is 4.79 Å². The van der Waals surface area contributed by atoms with Gasteiger partial charge in [-0.25, -0.2) is 9.78 Å². The van der Waals surface area contributed by atoms with Gasteiger partial charge in [0.2, 0.25) is 5.89 Å². The van der Waals surface area contributed by atoms with Crippen molar-refractivity contribution in [1.82, 2.24) is 15.2 Å². The molecule has 0 saturated carbocycles. The number of ether oxygens (including phenoxy) is 1. The summed E-state index contributed by atoms with van der Waals surface area (Å²) < 4.78 is 11.1. The maximum Gasteiger partial charge on any atom is 0.358 e. The molecule has 140 valence electrons. The second kappa shape index (κ2) is 7.74. The molecule has 4 aromatic rings. The summed E-state index contributed by atoms with van der Waals surface area (Å²) in [5, 5.41) is 10.5. The minimum Gasteiger partial charge on any atom is -0.448 e. The van der Waals surface area contributed by atoms with Gasteiger partial charge < -0.3 is 9.15 Å². The average Bonchev–Trinajstić information content (AvgIpc) is 3.39. The van der Waals surface area contributed by atoms with Crippen molar-refractivity contribution in [2.45, 2.75) is 20.0 Å². The van der Waals surface area contributed by atoms with Gasteiger partial charge in [0.05, 0.1) is 0 Å². The third-order valence-electron chi connectivity index (χ3n) is 4.10. The first-order valence-corrected chi connectivity index (χ1v) is 9.60. The molecule has 2 heterocycles. The average molecular weight is 391 g/mol. The van der Waals surface area contributed by atoms with Gasteiger partial charge in [-0.3, -0.25) is 0 Å². The molecule has 2 aromatic carbocycles. The predicted molar refractivity (Wildman–Crippen MR) is 106 cm³/mol. The van der Waals surface area contributed by atoms with Crippen LogP contribution in [-0.4, -0.2) is 21.2 Å². The Balaban J connectivity index is 1.45. The van der Waals surface area contributed by atoms with Gasteiger partial charge in [0.1, 0.15) is 5.01 Å². The molecular weight excluding hydrogens is 374 g/mol. The summed E-state index contributed by atoms with van der Waals surface area (Å²) >= 11 is 1.40. The number of aryl methyl sites for hydroxylation is 1. The lowest BCUT2D eigenvalue weighted by Crippen LogP contribution is -2.10. The molecule has 0 fully saturated rings. The van der Waals surface area contributed by atoms with E-state index < -0.39 is 12.1 Å². The summed E-state index contributed by atoms with van der Waals surface area (Å²) in [6, 6.07) is 17.4. The van der Waals surface area contributed by atoms with Crippen LogP contribution in [0, 0.1) is 6.92 Å². The highest BCUT2D eigenvalue weighted by molar-refractivity contribution is 7.13. The summed E-state index contributed by atoms with van der Waals surface area (Å²) in [6.07, 6.45) is -0.679. The van der Waals surface area contributed by atoms with E-state index in [0.29, 0.717) is 5.89 Å². The maximum absolute atomic E-state index is 12.4. The summed E-state index contributed by atoms with van der Waals surface area (Å²) in [5.74, 6) is 0.0941. The van der Waals surface area contributed by atoms with E-state index in [1.807, 2.05) is 61.5 Å². The zero-order valence-corrected chi connectivity index (χ0v) is 16.1. The number of thiazole rings is 1. The largest absolute Gasteiger partial charge is 0.448 e. The summed E-state index contributed by atoms with van der Waals surface area (Å²) in [7, 11) is 0. The van der Waals surface area contributed by atoms with Gasteiger partial charge in [-0.2, -0.15) is 0 Å². The van der Waals surface area contributed by atoms with Gasteiger partial charge in [-0.05, 0) is 26.0 Å². The lowest BCUT2D eigenvalue weighted by atomic mass is 10.2. The Morgan fingerprint density at radius 2 is 1.79 bits per heavy atom. The van der Waals surface area contributed by atoms with Crippen molar-refractivity contribution >= 4 is 17.3 Å². The topological polar surface area (TPSA) is 78.1 Å². The number of hydrogen-bond donors (Lipinski definition) is 0. The van der Waals surface area contributed by atoms with Gasteiger partial charge in [0, 0.05) is 16.5 Å². The number of carbonyl (C=O) groups is 1. The Morgan fingerprint density at radius 1 is 1.04 bits per heavy atom. The second-order valence-electron chi connectivity index (χ2n) is 6.26. The Morgan fingerprint density at radius 3 is 2.54 bits per heavy atom. The van der Waals surface area contributed by atoms with Crippen LogP contribution in [0.2, 0.25) is 0 Å². The third kappa shape index (κ3) is 3.84. The maximum atomic E-state index is 12.4. The highest BCUT2D eigenvalue weighted by Gasteiger charge is 2.21. The van der Waals surface area contributed by atoms with Crippen molar-refractivity contribution in [2.75, 3.05) is 0 Å². The van der Waals surface area contributed by atoms with E-state index in [1.54, 1.807) is 12.3 Å². The van der Waals surface area contributed by atoms with Crippen LogP contribution >= 0.6 is 11.3 Å². The molecule has 0 bridgehead atoms. The van der Waals surface area contributed by atoms with E-state index in [1.165, 1.54) is 16.9 Å². The van der Waals surface area contributed by atoms with E-state index in [2.05, 4.69) is 15.2 Å². The lowest BCUT2D eigenvalue weighted by molar-refractivity contribution is 0.0274. The zero-order chi connectivity index (χ0) is 19.5. The predicted octanol–water partition coefficient (Wildman–Crippen LogP) is 5.09. The molecule has 0 aliphatic rings. The first kappa shape index (κ1) is 18.1. The number of benzene rings is 2. The third-order valence-corrected chi connectivity index (χ3v) is 5.00. The number of carbonyl (C=O) groups excluding carboxylic acids is 1. The van der Waals surface area contributed by atoms with E-state index >= 15 is 0 Å². The van der Waals surface area contributed by atoms with Crippen LogP contribution in [0.4, 0.5) is 0 Å². The van der Waals surface area contributed by atoms with Crippen LogP contribution in [0.3, 0.4) is 0 Å². The van der Waals surface area contributed by atoms with E-state index in [0.717, 1.165) is 16.1 Å². The van der Waals surface area contributed by atoms with Crippen molar-refractivity contribution in [1.29, 1.82) is 0 Å². The molecule has 4 rings (SSSR count). The molecule has 6 nitrogen and oxygen atoms in total. The minimum absolute atomic E-state index is 0.237. The fraction of sp³-hybridized carbons (Fsp3) is 0.143. The quantitative estimate of drug-likeness (QED) is 0.441. The zero-order valence-electron chi connectivity index (χ0n) is 15.3. The molecule has 2 aromatic heterocycles. The molecule has 7 heteroatoms. The molecule has 0 N–H and O–H groups in total. The SMILES string of the molecule is Cc1ccc(-c2nc(C(=O)O[C@@H](C)c3nnc(-c4ccccc4)o3)cs2)cc1. The lowest BCUT2D eigenvalue weighted by Gasteiger charge is -2.07. The van der Waals surface area contributed by atoms with E-state index in [-0.39, 0.29) is 11.6 Å². The van der Waals surface area contributed by atoms with Crippen LogP contribution in [0.1, 0.15) is 35.0 Å². The Bertz CT molecular complexity index is 1090. The van der Waals surface area contributed by atoms with Gasteiger partial charge in [0.15, 0.2) is 11.8 Å². The van der Waals surface area contributed by atoms with Crippen molar-refractivity contribution in [3.05, 3.63) is 77.1 Å². The summed E-state index contributed by atoms with van der Waals surface area (Å²) in [6.45, 7) is 3.71. The van der Waals surface area contributed by atoms with Crippen molar-refractivity contribution in [3.8, 4) is 22.0 Å². The normalized spacial score (nSPS) is 11.9. The summed E-state index contributed by atoms with van der Waals surface area (Å²) in [4.78, 5) is 16.8. The van der Waals surface area contributed by atoms with Crippen LogP contribution in [0.5, 0.6) is 0 Å². The molecular formula is C21H17N3O3S. The molecule has 0 spiro atoms. The van der Waals surface area contributed by atoms with Crippen molar-refractivity contribution in [3.63, 3.8) is 0 Å². The van der Waals surface area contributed by atoms with Gasteiger partial charge in [-0.15, -0.1) is 21.5 Å². The smallest absolute Gasteiger partial charge is 0.358 e. The molecule has 1 atom stereocenters. The van der Waals surface area contributed by atoms with Crippen LogP contribution < -0.4 is 0 Å². The molecule has 28 heavy (non-hydrogen) atoms. The number of nitrogens with zero attached hydrogens (tertiary/aromatic N) is 3. The summed E-state index contributed by atoms with van der Waals surface area (Å²) in [5.41, 5.74) is 3.20. The molecule has 0 unspecified atom stereocenters. The molecule has 0 aliphatic heterocycles. The Labute approximate surface area is 165 Å². The van der Waals surface area contributed by atoms with Crippen LogP contribution in [0.25, 0.3) is 22.0 Å². The first-order valence-electron chi connectivity index (χ1n) is 8.72. The monoisotopic (exact) mass is 391 g/mol. The van der Waals surface area contributed by atoms with Gasteiger partial charge in [0.25, 0.3) is 5.89 Å². The molecule has 0 saturated heterocycles. The highest BCUT2D eigenvalue weighted by Crippen LogP contribution is 2.26. The second-order valence-corrected chi connectivity index (χ2v) is 7.12. The Kier molecular flexibility index (Phi) is 4.99. The fourth-order valence-electron chi connectivity index (χ4n) is 2.56. The van der Waals surface area contributed by atoms with Crippen LogP contribution in [0.15, 0.2) is 64.4 Å². The standard InChI is InChI=1S/C21H17N3O3S/c1-13-8-10-16(11-9-13)20-22-17(12-28-20)21(25)26-14(2)18-23-24-19(27-18)15-6-4-3-5-7-15/h3-12,14H,1-2H3/t14-/m0/s1. The number of aromatic nitrogens is 3.